The summed E-state index contributed by atoms with van der Waals surface area (Å²) in [5.41, 5.74) is 1.25. The molecule has 4 heteroatoms. The summed E-state index contributed by atoms with van der Waals surface area (Å²) in [5, 5.41) is 3.49. The normalized spacial score (nSPS) is 19.5. The Kier molecular flexibility index (Phi) is 4.34. The van der Waals surface area contributed by atoms with Crippen LogP contribution in [0.4, 0.5) is 5.82 Å². The summed E-state index contributed by atoms with van der Waals surface area (Å²) in [6, 6.07) is 4.11. The van der Waals surface area contributed by atoms with Crippen molar-refractivity contribution in [2.75, 3.05) is 38.8 Å². The minimum atomic E-state index is 0.675. The molecule has 1 fully saturated rings. The van der Waals surface area contributed by atoms with Crippen LogP contribution in [-0.2, 0) is 11.3 Å². The number of ether oxygens (including phenoxy) is 1. The van der Waals surface area contributed by atoms with Gasteiger partial charge in [-0.1, -0.05) is 6.07 Å². The molecule has 0 spiro atoms. The van der Waals surface area contributed by atoms with Crippen LogP contribution in [0.5, 0.6) is 0 Å². The Balaban J connectivity index is 1.85. The van der Waals surface area contributed by atoms with E-state index in [-0.39, 0.29) is 0 Å². The highest BCUT2D eigenvalue weighted by molar-refractivity contribution is 5.44. The minimum Gasteiger partial charge on any atom is -0.381 e. The molecule has 94 valence electrons. The van der Waals surface area contributed by atoms with Crippen LogP contribution < -0.4 is 10.2 Å². The van der Waals surface area contributed by atoms with Crippen LogP contribution in [0.15, 0.2) is 18.3 Å². The summed E-state index contributed by atoms with van der Waals surface area (Å²) < 4.78 is 5.36. The second-order valence-electron chi connectivity index (χ2n) is 4.74. The summed E-state index contributed by atoms with van der Waals surface area (Å²) in [6.07, 6.45) is 3.02. The van der Waals surface area contributed by atoms with Crippen LogP contribution in [-0.4, -0.2) is 38.8 Å². The van der Waals surface area contributed by atoms with Crippen LogP contribution in [0, 0.1) is 5.92 Å². The van der Waals surface area contributed by atoms with E-state index < -0.39 is 0 Å². The monoisotopic (exact) mass is 235 g/mol. The van der Waals surface area contributed by atoms with Crippen molar-refractivity contribution in [3.63, 3.8) is 0 Å². The van der Waals surface area contributed by atoms with E-state index in [9.17, 15) is 0 Å². The third-order valence-corrected chi connectivity index (χ3v) is 3.06. The molecule has 17 heavy (non-hydrogen) atoms. The van der Waals surface area contributed by atoms with Crippen molar-refractivity contribution in [3.05, 3.63) is 23.9 Å². The summed E-state index contributed by atoms with van der Waals surface area (Å²) in [5.74, 6) is 1.72. The minimum absolute atomic E-state index is 0.675. The lowest BCUT2D eigenvalue weighted by Crippen LogP contribution is -2.24. The molecule has 0 radical (unpaired) electrons. The predicted molar refractivity (Wildman–Crippen MR) is 69.2 cm³/mol. The third kappa shape index (κ3) is 3.41. The van der Waals surface area contributed by atoms with Gasteiger partial charge in [0.05, 0.1) is 6.61 Å². The van der Waals surface area contributed by atoms with Gasteiger partial charge < -0.3 is 15.0 Å². The zero-order valence-corrected chi connectivity index (χ0v) is 10.6. The molecule has 2 rings (SSSR count). The second-order valence-corrected chi connectivity index (χ2v) is 4.74. The number of hydrogen-bond acceptors (Lipinski definition) is 4. The quantitative estimate of drug-likeness (QED) is 0.834. The highest BCUT2D eigenvalue weighted by Crippen LogP contribution is 2.15. The molecule has 1 N–H and O–H groups in total. The van der Waals surface area contributed by atoms with E-state index in [1.165, 1.54) is 12.0 Å². The first-order chi connectivity index (χ1) is 8.27. The summed E-state index contributed by atoms with van der Waals surface area (Å²) in [6.45, 7) is 3.72. The lowest BCUT2D eigenvalue weighted by molar-refractivity contribution is 0.185. The van der Waals surface area contributed by atoms with E-state index in [4.69, 9.17) is 4.74 Å². The molecule has 1 aromatic rings. The fourth-order valence-corrected chi connectivity index (χ4v) is 2.13. The van der Waals surface area contributed by atoms with Gasteiger partial charge in [-0.2, -0.15) is 0 Å². The van der Waals surface area contributed by atoms with Crippen LogP contribution in [0.3, 0.4) is 0 Å². The Labute approximate surface area is 103 Å². The molecule has 1 aromatic heterocycles. The zero-order chi connectivity index (χ0) is 12.1. The Bertz CT molecular complexity index is 348. The van der Waals surface area contributed by atoms with Gasteiger partial charge in [-0.3, -0.25) is 0 Å². The van der Waals surface area contributed by atoms with Crippen molar-refractivity contribution >= 4 is 5.82 Å². The smallest absolute Gasteiger partial charge is 0.132 e. The Morgan fingerprint density at radius 2 is 2.41 bits per heavy atom. The van der Waals surface area contributed by atoms with Crippen LogP contribution >= 0.6 is 0 Å². The molecule has 0 aliphatic carbocycles. The van der Waals surface area contributed by atoms with Gasteiger partial charge >= 0.3 is 0 Å². The first-order valence-electron chi connectivity index (χ1n) is 6.17. The average Bonchev–Trinajstić information content (AvgIpc) is 2.82. The lowest BCUT2D eigenvalue weighted by Gasteiger charge is -2.16. The van der Waals surface area contributed by atoms with Gasteiger partial charge in [0, 0.05) is 45.6 Å². The number of pyridine rings is 1. The fraction of sp³-hybridized carbons (Fsp3) is 0.615. The molecule has 0 saturated carbocycles. The van der Waals surface area contributed by atoms with Crippen LogP contribution in [0.1, 0.15) is 12.0 Å². The third-order valence-electron chi connectivity index (χ3n) is 3.06. The number of aromatic nitrogens is 1. The molecular weight excluding hydrogens is 214 g/mol. The van der Waals surface area contributed by atoms with E-state index in [1.54, 1.807) is 0 Å². The zero-order valence-electron chi connectivity index (χ0n) is 10.6. The average molecular weight is 235 g/mol. The van der Waals surface area contributed by atoms with Gasteiger partial charge in [0.15, 0.2) is 0 Å². The molecule has 0 aromatic carbocycles. The fourth-order valence-electron chi connectivity index (χ4n) is 2.13. The first kappa shape index (κ1) is 12.3. The van der Waals surface area contributed by atoms with Gasteiger partial charge in [0.2, 0.25) is 0 Å². The van der Waals surface area contributed by atoms with Gasteiger partial charge in [-0.25, -0.2) is 4.98 Å². The Hall–Kier alpha value is -1.13. The van der Waals surface area contributed by atoms with E-state index in [0.29, 0.717) is 5.92 Å². The summed E-state index contributed by atoms with van der Waals surface area (Å²) in [4.78, 5) is 6.44. The number of nitrogens with one attached hydrogen (secondary N) is 1. The van der Waals surface area contributed by atoms with Crippen molar-refractivity contribution in [1.82, 2.24) is 10.3 Å². The highest BCUT2D eigenvalue weighted by atomic mass is 16.5. The molecule has 1 aliphatic heterocycles. The van der Waals surface area contributed by atoms with Gasteiger partial charge in [0.1, 0.15) is 5.82 Å². The maximum Gasteiger partial charge on any atom is 0.132 e. The van der Waals surface area contributed by atoms with Crippen molar-refractivity contribution in [2.24, 2.45) is 5.92 Å². The summed E-state index contributed by atoms with van der Waals surface area (Å²) in [7, 11) is 4.05. The van der Waals surface area contributed by atoms with Crippen molar-refractivity contribution in [3.8, 4) is 0 Å². The number of anilines is 1. The number of nitrogens with zero attached hydrogens (tertiary/aromatic N) is 2. The van der Waals surface area contributed by atoms with Crippen molar-refractivity contribution in [2.45, 2.75) is 13.0 Å². The van der Waals surface area contributed by atoms with Gasteiger partial charge in [0.25, 0.3) is 0 Å². The van der Waals surface area contributed by atoms with Crippen LogP contribution in [0.25, 0.3) is 0 Å². The number of rotatable bonds is 5. The summed E-state index contributed by atoms with van der Waals surface area (Å²) >= 11 is 0. The number of hydrogen-bond donors (Lipinski definition) is 1. The largest absolute Gasteiger partial charge is 0.381 e. The Morgan fingerprint density at radius 1 is 1.53 bits per heavy atom. The van der Waals surface area contributed by atoms with E-state index in [1.807, 2.05) is 26.4 Å². The topological polar surface area (TPSA) is 37.4 Å². The van der Waals surface area contributed by atoms with Crippen LogP contribution in [0.2, 0.25) is 0 Å². The second kappa shape index (κ2) is 5.98. The van der Waals surface area contributed by atoms with E-state index >= 15 is 0 Å². The standard InChI is InChI=1S/C13H21N3O/c1-16(2)13-12(4-3-6-15-13)9-14-8-11-5-7-17-10-11/h3-4,6,11,14H,5,7-10H2,1-2H3/t11-/m1/s1. The van der Waals surface area contributed by atoms with Crippen molar-refractivity contribution < 1.29 is 4.74 Å². The van der Waals surface area contributed by atoms with Gasteiger partial charge in [-0.15, -0.1) is 0 Å². The van der Waals surface area contributed by atoms with E-state index in [2.05, 4.69) is 21.3 Å². The molecule has 1 atom stereocenters. The molecule has 0 amide bonds. The first-order valence-corrected chi connectivity index (χ1v) is 6.17. The maximum atomic E-state index is 5.36. The molecule has 4 nitrogen and oxygen atoms in total. The Morgan fingerprint density at radius 3 is 3.12 bits per heavy atom. The molecular formula is C13H21N3O. The molecule has 1 aliphatic rings. The van der Waals surface area contributed by atoms with E-state index in [0.717, 1.165) is 32.1 Å². The molecule has 2 heterocycles. The SMILES string of the molecule is CN(C)c1ncccc1CNC[C@H]1CCOC1. The molecule has 0 bridgehead atoms. The predicted octanol–water partition coefficient (Wildman–Crippen LogP) is 1.27. The molecule has 0 unspecified atom stereocenters. The highest BCUT2D eigenvalue weighted by Gasteiger charge is 2.15. The maximum absolute atomic E-state index is 5.36. The van der Waals surface area contributed by atoms with Gasteiger partial charge in [-0.05, 0) is 18.4 Å². The van der Waals surface area contributed by atoms with Crippen molar-refractivity contribution in [1.29, 1.82) is 0 Å². The lowest BCUT2D eigenvalue weighted by atomic mass is 10.1. The molecule has 1 saturated heterocycles.